The van der Waals surface area contributed by atoms with Crippen LogP contribution < -0.4 is 10.2 Å². The first-order valence-corrected chi connectivity index (χ1v) is 7.49. The molecule has 1 saturated heterocycles. The van der Waals surface area contributed by atoms with Gasteiger partial charge in [-0.2, -0.15) is 9.61 Å². The number of piperidine rings is 1. The van der Waals surface area contributed by atoms with Gasteiger partial charge in [-0.25, -0.2) is 4.98 Å². The highest BCUT2D eigenvalue weighted by molar-refractivity contribution is 5.79. The number of hydrogen-bond donors (Lipinski definition) is 1. The molecule has 3 heterocycles. The molecule has 1 fully saturated rings. The van der Waals surface area contributed by atoms with E-state index in [1.165, 1.54) is 0 Å². The molecule has 2 aromatic heterocycles. The van der Waals surface area contributed by atoms with Crippen molar-refractivity contribution in [3.8, 4) is 0 Å². The molecule has 0 aromatic carbocycles. The minimum Gasteiger partial charge on any atom is -0.356 e. The molecular weight excluding hydrogens is 266 g/mol. The summed E-state index contributed by atoms with van der Waals surface area (Å²) in [5, 5.41) is 7.34. The first-order valence-electron chi connectivity index (χ1n) is 7.49. The van der Waals surface area contributed by atoms with Gasteiger partial charge in [-0.15, -0.1) is 0 Å². The molecule has 1 aliphatic rings. The third kappa shape index (κ3) is 2.84. The van der Waals surface area contributed by atoms with Gasteiger partial charge in [-0.3, -0.25) is 4.79 Å². The van der Waals surface area contributed by atoms with Gasteiger partial charge in [-0.05, 0) is 32.8 Å². The zero-order chi connectivity index (χ0) is 14.8. The van der Waals surface area contributed by atoms with Crippen LogP contribution in [-0.2, 0) is 4.79 Å². The molecule has 3 rings (SSSR count). The topological polar surface area (TPSA) is 62.5 Å². The Kier molecular flexibility index (Phi) is 3.77. The molecule has 21 heavy (non-hydrogen) atoms. The Morgan fingerprint density at radius 1 is 1.38 bits per heavy atom. The van der Waals surface area contributed by atoms with Crippen LogP contribution in [0.3, 0.4) is 0 Å². The number of hydrogen-bond acceptors (Lipinski definition) is 4. The smallest absolute Gasteiger partial charge is 0.225 e. The summed E-state index contributed by atoms with van der Waals surface area (Å²) in [6, 6.07) is 4.03. The first kappa shape index (κ1) is 13.9. The first-order chi connectivity index (χ1) is 10.1. The van der Waals surface area contributed by atoms with E-state index in [4.69, 9.17) is 0 Å². The molecule has 0 aliphatic carbocycles. The molecule has 0 spiro atoms. The lowest BCUT2D eigenvalue weighted by Gasteiger charge is -2.33. The van der Waals surface area contributed by atoms with E-state index in [1.807, 2.05) is 30.5 Å². The molecule has 0 saturated carbocycles. The number of anilines is 1. The van der Waals surface area contributed by atoms with E-state index in [0.29, 0.717) is 0 Å². The molecule has 1 aliphatic heterocycles. The summed E-state index contributed by atoms with van der Waals surface area (Å²) in [5.74, 6) is 1.20. The largest absolute Gasteiger partial charge is 0.356 e. The number of carbonyl (C=O) groups excluding carboxylic acids is 1. The molecule has 112 valence electrons. The molecule has 1 unspecified atom stereocenters. The van der Waals surface area contributed by atoms with Crippen molar-refractivity contribution in [3.63, 3.8) is 0 Å². The van der Waals surface area contributed by atoms with Crippen LogP contribution in [0.5, 0.6) is 0 Å². The van der Waals surface area contributed by atoms with Crippen molar-refractivity contribution in [2.24, 2.45) is 5.92 Å². The van der Waals surface area contributed by atoms with Crippen molar-refractivity contribution in [1.82, 2.24) is 19.9 Å². The van der Waals surface area contributed by atoms with Crippen molar-refractivity contribution in [3.05, 3.63) is 24.5 Å². The summed E-state index contributed by atoms with van der Waals surface area (Å²) in [7, 11) is 0. The summed E-state index contributed by atoms with van der Waals surface area (Å²) in [4.78, 5) is 18.7. The lowest BCUT2D eigenvalue weighted by Crippen LogP contribution is -2.45. The quantitative estimate of drug-likeness (QED) is 0.928. The van der Waals surface area contributed by atoms with Crippen LogP contribution in [0.4, 0.5) is 5.82 Å². The lowest BCUT2D eigenvalue weighted by atomic mass is 9.97. The number of rotatable bonds is 3. The van der Waals surface area contributed by atoms with E-state index in [9.17, 15) is 4.79 Å². The van der Waals surface area contributed by atoms with Crippen LogP contribution in [0, 0.1) is 5.92 Å². The van der Waals surface area contributed by atoms with Crippen molar-refractivity contribution in [2.45, 2.75) is 32.7 Å². The maximum Gasteiger partial charge on any atom is 0.225 e. The molecule has 0 radical (unpaired) electrons. The van der Waals surface area contributed by atoms with Gasteiger partial charge in [0.1, 0.15) is 5.82 Å². The maximum absolute atomic E-state index is 12.2. The Labute approximate surface area is 124 Å². The predicted molar refractivity (Wildman–Crippen MR) is 81.2 cm³/mol. The van der Waals surface area contributed by atoms with Crippen molar-refractivity contribution in [1.29, 1.82) is 0 Å². The monoisotopic (exact) mass is 287 g/mol. The molecule has 6 heteroatoms. The number of nitrogens with zero attached hydrogens (tertiary/aromatic N) is 4. The van der Waals surface area contributed by atoms with Crippen LogP contribution >= 0.6 is 0 Å². The number of fused-ring (bicyclic) bond motifs is 1. The molecule has 0 bridgehead atoms. The van der Waals surface area contributed by atoms with Crippen LogP contribution in [0.15, 0.2) is 24.5 Å². The third-order valence-corrected chi connectivity index (χ3v) is 3.82. The number of carbonyl (C=O) groups is 1. The van der Waals surface area contributed by atoms with E-state index < -0.39 is 0 Å². The fourth-order valence-corrected chi connectivity index (χ4v) is 2.86. The second-order valence-electron chi connectivity index (χ2n) is 5.85. The Morgan fingerprint density at radius 3 is 3.05 bits per heavy atom. The molecule has 1 amide bonds. The molecule has 1 atom stereocenters. The van der Waals surface area contributed by atoms with Gasteiger partial charge >= 0.3 is 0 Å². The number of aromatic nitrogens is 3. The number of amides is 1. The SMILES string of the molecule is CC(C)NC(=O)C1CCCN(c2ccnc3ccnn23)C1. The third-order valence-electron chi connectivity index (χ3n) is 3.82. The van der Waals surface area contributed by atoms with Crippen LogP contribution in [0.25, 0.3) is 5.65 Å². The molecule has 2 aromatic rings. The van der Waals surface area contributed by atoms with E-state index in [-0.39, 0.29) is 17.9 Å². The van der Waals surface area contributed by atoms with Gasteiger partial charge in [0.25, 0.3) is 0 Å². The van der Waals surface area contributed by atoms with Gasteiger partial charge in [-0.1, -0.05) is 0 Å². The highest BCUT2D eigenvalue weighted by Gasteiger charge is 2.27. The summed E-state index contributed by atoms with van der Waals surface area (Å²) >= 11 is 0. The average molecular weight is 287 g/mol. The highest BCUT2D eigenvalue weighted by Crippen LogP contribution is 2.23. The van der Waals surface area contributed by atoms with Crippen molar-refractivity contribution >= 4 is 17.4 Å². The fraction of sp³-hybridized carbons (Fsp3) is 0.533. The normalized spacial score (nSPS) is 19.2. The van der Waals surface area contributed by atoms with E-state index in [1.54, 1.807) is 12.4 Å². The second kappa shape index (κ2) is 5.71. The minimum absolute atomic E-state index is 0.0416. The Balaban J connectivity index is 1.80. The summed E-state index contributed by atoms with van der Waals surface area (Å²) in [6.45, 7) is 5.67. The predicted octanol–water partition coefficient (Wildman–Crippen LogP) is 1.47. The van der Waals surface area contributed by atoms with Gasteiger partial charge in [0.05, 0.1) is 12.1 Å². The minimum atomic E-state index is 0.0416. The maximum atomic E-state index is 12.2. The second-order valence-corrected chi connectivity index (χ2v) is 5.85. The van der Waals surface area contributed by atoms with Gasteiger partial charge in [0, 0.05) is 31.4 Å². The van der Waals surface area contributed by atoms with Gasteiger partial charge < -0.3 is 10.2 Å². The van der Waals surface area contributed by atoms with Crippen LogP contribution in [0.2, 0.25) is 0 Å². The fourth-order valence-electron chi connectivity index (χ4n) is 2.86. The van der Waals surface area contributed by atoms with Crippen molar-refractivity contribution in [2.75, 3.05) is 18.0 Å². The molecule has 6 nitrogen and oxygen atoms in total. The van der Waals surface area contributed by atoms with Crippen LogP contribution in [0.1, 0.15) is 26.7 Å². The zero-order valence-corrected chi connectivity index (χ0v) is 12.5. The van der Waals surface area contributed by atoms with Crippen molar-refractivity contribution < 1.29 is 4.79 Å². The summed E-state index contributed by atoms with van der Waals surface area (Å²) < 4.78 is 1.84. The molecular formula is C15H21N5O. The van der Waals surface area contributed by atoms with Crippen LogP contribution in [-0.4, -0.2) is 39.6 Å². The molecule has 1 N–H and O–H groups in total. The van der Waals surface area contributed by atoms with Gasteiger partial charge in [0.2, 0.25) is 5.91 Å². The van der Waals surface area contributed by atoms with E-state index in [0.717, 1.165) is 37.4 Å². The Morgan fingerprint density at radius 2 is 2.24 bits per heavy atom. The summed E-state index contributed by atoms with van der Waals surface area (Å²) in [6.07, 6.45) is 5.51. The zero-order valence-electron chi connectivity index (χ0n) is 12.5. The average Bonchev–Trinajstić information content (AvgIpc) is 2.95. The Hall–Kier alpha value is -2.11. The Bertz CT molecular complexity index is 636. The highest BCUT2D eigenvalue weighted by atomic mass is 16.2. The number of nitrogens with one attached hydrogen (secondary N) is 1. The lowest BCUT2D eigenvalue weighted by molar-refractivity contribution is -0.125. The van der Waals surface area contributed by atoms with E-state index >= 15 is 0 Å². The summed E-state index contributed by atoms with van der Waals surface area (Å²) in [5.41, 5.74) is 0.834. The van der Waals surface area contributed by atoms with E-state index in [2.05, 4.69) is 20.3 Å². The van der Waals surface area contributed by atoms with Gasteiger partial charge in [0.15, 0.2) is 5.65 Å². The standard InChI is InChI=1S/C15H21N5O/c1-11(2)18-15(21)12-4-3-9-19(10-12)14-6-7-16-13-5-8-17-20(13)14/h5-8,11-12H,3-4,9-10H2,1-2H3,(H,18,21).